The maximum absolute atomic E-state index is 14.7. The average molecular weight is 1070 g/mol. The van der Waals surface area contributed by atoms with Gasteiger partial charge >= 0.3 is 12.4 Å². The van der Waals surface area contributed by atoms with Crippen molar-refractivity contribution in [3.05, 3.63) is 262 Å². The number of nitrogens with zero attached hydrogens (tertiary/aromatic N) is 2. The Kier molecular flexibility index (Phi) is 10.6. The zero-order valence-corrected chi connectivity index (χ0v) is 44.2. The predicted octanol–water partition coefficient (Wildman–Crippen LogP) is 21.0. The van der Waals surface area contributed by atoms with Gasteiger partial charge in [-0.15, -0.1) is 22.7 Å². The monoisotopic (exact) mass is 1070 g/mol. The molecule has 1 spiro atoms. The van der Waals surface area contributed by atoms with Crippen molar-refractivity contribution in [1.82, 2.24) is 0 Å². The van der Waals surface area contributed by atoms with Gasteiger partial charge in [-0.25, -0.2) is 0 Å². The van der Waals surface area contributed by atoms with Crippen LogP contribution < -0.4 is 9.80 Å². The molecular weight excluding hydrogens is 1020 g/mol. The van der Waals surface area contributed by atoms with Gasteiger partial charge in [0.1, 0.15) is 0 Å². The number of thiophene rings is 2. The second-order valence-corrected chi connectivity index (χ2v) is 23.2. The lowest BCUT2D eigenvalue weighted by atomic mass is 9.55. The molecular formula is C68H46F6N2S2. The van der Waals surface area contributed by atoms with Gasteiger partial charge in [-0.3, -0.25) is 0 Å². The number of benzene rings is 10. The molecule has 10 heteroatoms. The Morgan fingerprint density at radius 1 is 0.346 bits per heavy atom. The summed E-state index contributed by atoms with van der Waals surface area (Å²) < 4.78 is 90.2. The van der Waals surface area contributed by atoms with Gasteiger partial charge < -0.3 is 9.80 Å². The Labute approximate surface area is 454 Å². The lowest BCUT2D eigenvalue weighted by Gasteiger charge is -2.47. The van der Waals surface area contributed by atoms with Crippen molar-refractivity contribution >= 4 is 97.1 Å². The first kappa shape index (κ1) is 48.2. The molecule has 2 nitrogen and oxygen atoms in total. The molecule has 2 aromatic heterocycles. The number of rotatable bonds is 6. The summed E-state index contributed by atoms with van der Waals surface area (Å²) in [5.41, 5.74) is 13.2. The first-order valence-corrected chi connectivity index (χ1v) is 27.4. The molecule has 2 heterocycles. The summed E-state index contributed by atoms with van der Waals surface area (Å²) in [7, 11) is 0. The SMILES string of the molecule is Cc1ccc(N(c2ccc3c(c2)C2(c4cc(N(c5ccc(C)cc5)c5cccc6c5sc5c(C(F)(F)F)cccc56)ccc4-3)c3ccccc3C(C)(C)c3ccccc32)c2cccc3c2sc2c(C(F)(F)F)cccc23)cc1. The number of fused-ring (bicyclic) bond motifs is 15. The van der Waals surface area contributed by atoms with Crippen LogP contribution in [-0.2, 0) is 23.2 Å². The molecule has 2 aliphatic rings. The maximum atomic E-state index is 14.7. The Morgan fingerprint density at radius 3 is 1.08 bits per heavy atom. The van der Waals surface area contributed by atoms with E-state index >= 15 is 0 Å². The summed E-state index contributed by atoms with van der Waals surface area (Å²) in [5.74, 6) is 0. The Bertz CT molecular complexity index is 4150. The van der Waals surface area contributed by atoms with Gasteiger partial charge in [-0.2, -0.15) is 26.3 Å². The smallest absolute Gasteiger partial charge is 0.309 e. The second-order valence-electron chi connectivity index (χ2n) is 21.1. The van der Waals surface area contributed by atoms with Crippen LogP contribution in [0.4, 0.5) is 60.5 Å². The highest BCUT2D eigenvalue weighted by Crippen LogP contribution is 2.64. The van der Waals surface area contributed by atoms with E-state index in [2.05, 4.69) is 157 Å². The Hall–Kier alpha value is -8.18. The Morgan fingerprint density at radius 2 is 0.692 bits per heavy atom. The molecule has 0 saturated carbocycles. The average Bonchev–Trinajstić information content (AvgIpc) is 2.86. The summed E-state index contributed by atoms with van der Waals surface area (Å²) in [6.45, 7) is 8.64. The van der Waals surface area contributed by atoms with E-state index in [1.165, 1.54) is 45.9 Å². The van der Waals surface area contributed by atoms with Crippen LogP contribution in [0.3, 0.4) is 0 Å². The summed E-state index contributed by atoms with van der Waals surface area (Å²) in [4.78, 5) is 4.37. The van der Waals surface area contributed by atoms with Crippen LogP contribution in [0.1, 0.15) is 69.5 Å². The van der Waals surface area contributed by atoms with E-state index in [0.29, 0.717) is 10.8 Å². The lowest BCUT2D eigenvalue weighted by Crippen LogP contribution is -2.40. The van der Waals surface area contributed by atoms with Crippen LogP contribution in [-0.4, -0.2) is 0 Å². The highest BCUT2D eigenvalue weighted by molar-refractivity contribution is 7.27. The molecule has 0 amide bonds. The number of anilines is 6. The molecule has 0 radical (unpaired) electrons. The van der Waals surface area contributed by atoms with E-state index in [0.717, 1.165) is 111 Å². The molecule has 10 aromatic carbocycles. The van der Waals surface area contributed by atoms with Crippen LogP contribution in [0.15, 0.2) is 206 Å². The minimum Gasteiger partial charge on any atom is -0.309 e. The lowest BCUT2D eigenvalue weighted by molar-refractivity contribution is -0.137. The van der Waals surface area contributed by atoms with Gasteiger partial charge in [-0.1, -0.05) is 158 Å². The van der Waals surface area contributed by atoms with Gasteiger partial charge in [0.2, 0.25) is 0 Å². The van der Waals surface area contributed by atoms with E-state index in [1.54, 1.807) is 12.1 Å². The van der Waals surface area contributed by atoms with E-state index in [4.69, 9.17) is 0 Å². The van der Waals surface area contributed by atoms with Gasteiger partial charge in [0.15, 0.2) is 0 Å². The summed E-state index contributed by atoms with van der Waals surface area (Å²) in [6.07, 6.45) is -9.07. The zero-order chi connectivity index (χ0) is 53.6. The van der Waals surface area contributed by atoms with Crippen LogP contribution in [0, 0.1) is 13.8 Å². The van der Waals surface area contributed by atoms with E-state index in [9.17, 15) is 26.3 Å². The molecule has 0 aliphatic heterocycles. The molecule has 0 bridgehead atoms. The summed E-state index contributed by atoms with van der Waals surface area (Å²) in [6, 6.07) is 67.8. The largest absolute Gasteiger partial charge is 0.417 e. The third-order valence-corrected chi connectivity index (χ3v) is 18.9. The van der Waals surface area contributed by atoms with E-state index in [-0.39, 0.29) is 9.40 Å². The molecule has 78 heavy (non-hydrogen) atoms. The molecule has 382 valence electrons. The summed E-state index contributed by atoms with van der Waals surface area (Å²) in [5, 5.41) is 2.61. The number of hydrogen-bond donors (Lipinski definition) is 0. The molecule has 0 atom stereocenters. The van der Waals surface area contributed by atoms with E-state index in [1.807, 2.05) is 50.2 Å². The third-order valence-electron chi connectivity index (χ3n) is 16.3. The van der Waals surface area contributed by atoms with Crippen LogP contribution in [0.2, 0.25) is 0 Å². The van der Waals surface area contributed by atoms with Crippen molar-refractivity contribution in [2.75, 3.05) is 9.80 Å². The van der Waals surface area contributed by atoms with Crippen LogP contribution in [0.5, 0.6) is 0 Å². The van der Waals surface area contributed by atoms with Crippen molar-refractivity contribution in [1.29, 1.82) is 0 Å². The molecule has 2 aliphatic carbocycles. The van der Waals surface area contributed by atoms with E-state index < -0.39 is 34.3 Å². The van der Waals surface area contributed by atoms with Crippen molar-refractivity contribution in [2.45, 2.75) is 50.9 Å². The quantitative estimate of drug-likeness (QED) is 0.153. The molecule has 0 N–H and O–H groups in total. The number of halogens is 6. The fraction of sp³-hybridized carbons (Fsp3) is 0.118. The van der Waals surface area contributed by atoms with Crippen LogP contribution >= 0.6 is 22.7 Å². The molecule has 0 fully saturated rings. The predicted molar refractivity (Wildman–Crippen MR) is 310 cm³/mol. The third kappa shape index (κ3) is 7.01. The standard InChI is InChI=1S/C68H46F6N2S2/c1-39-25-29-41(30-26-39)75(59-23-11-15-49-47-13-9-21-55(67(69,70)71)61(47)77-63(49)59)43-33-35-45-46-36-34-44(38-58(46)66(57(45)37-43)53-19-7-5-17-51(53)65(3,4)52-18-6-8-20-54(52)66)76(42-31-27-40(2)28-32-42)60-24-12-16-50-48-14-10-22-56(68(72,73)74)62(48)78-64(50)60/h5-38H,1-4H3. The zero-order valence-electron chi connectivity index (χ0n) is 42.6. The van der Waals surface area contributed by atoms with Crippen molar-refractivity contribution in [3.63, 3.8) is 0 Å². The minimum atomic E-state index is -4.54. The van der Waals surface area contributed by atoms with Gasteiger partial charge in [-0.05, 0) is 131 Å². The van der Waals surface area contributed by atoms with Gasteiger partial charge in [0.25, 0.3) is 0 Å². The molecule has 14 rings (SSSR count). The summed E-state index contributed by atoms with van der Waals surface area (Å²) >= 11 is 2.34. The number of hydrogen-bond acceptors (Lipinski definition) is 4. The number of alkyl halides is 6. The highest BCUT2D eigenvalue weighted by atomic mass is 32.1. The fourth-order valence-electron chi connectivity index (χ4n) is 12.8. The van der Waals surface area contributed by atoms with Gasteiger partial charge in [0, 0.05) is 59.1 Å². The minimum absolute atomic E-state index is 0.197. The fourth-order valence-corrected chi connectivity index (χ4v) is 15.5. The highest BCUT2D eigenvalue weighted by Gasteiger charge is 2.54. The van der Waals surface area contributed by atoms with Crippen molar-refractivity contribution < 1.29 is 26.3 Å². The molecule has 12 aromatic rings. The normalized spacial score (nSPS) is 14.2. The molecule has 0 saturated heterocycles. The van der Waals surface area contributed by atoms with Gasteiger partial charge in [0.05, 0.1) is 37.3 Å². The number of aryl methyl sites for hydroxylation is 2. The topological polar surface area (TPSA) is 6.48 Å². The maximum Gasteiger partial charge on any atom is 0.417 e. The molecule has 0 unspecified atom stereocenters. The van der Waals surface area contributed by atoms with Crippen LogP contribution in [0.25, 0.3) is 51.5 Å². The first-order chi connectivity index (χ1) is 37.5. The second kappa shape index (κ2) is 17.2. The first-order valence-electron chi connectivity index (χ1n) is 25.8. The van der Waals surface area contributed by atoms with Crippen molar-refractivity contribution in [2.24, 2.45) is 0 Å². The Balaban J connectivity index is 1.05. The van der Waals surface area contributed by atoms with Crippen molar-refractivity contribution in [3.8, 4) is 11.1 Å².